The Morgan fingerprint density at radius 2 is 2.11 bits per heavy atom. The Morgan fingerprint density at radius 3 is 2.44 bits per heavy atom. The van der Waals surface area contributed by atoms with Crippen LogP contribution in [0.1, 0.15) is 19.8 Å². The molecule has 0 radical (unpaired) electrons. The number of ether oxygens (including phenoxy) is 1. The van der Waals surface area contributed by atoms with Crippen LogP contribution < -0.4 is 5.73 Å². The monoisotopic (exact) mass is 131 g/mol. The second kappa shape index (κ2) is 3.88. The van der Waals surface area contributed by atoms with E-state index in [1.807, 2.05) is 6.92 Å². The molecule has 0 saturated carbocycles. The molecule has 0 heterocycles. The normalized spacial score (nSPS) is 8.56. The summed E-state index contributed by atoms with van der Waals surface area (Å²) in [6.45, 7) is 1.81. The molecule has 0 aromatic heterocycles. The Morgan fingerprint density at radius 1 is 1.56 bits per heavy atom. The highest BCUT2D eigenvalue weighted by Gasteiger charge is 2.02. The van der Waals surface area contributed by atoms with Crippen LogP contribution in [0.4, 0.5) is 4.79 Å². The summed E-state index contributed by atoms with van der Waals surface area (Å²) < 4.78 is 3.99. The van der Waals surface area contributed by atoms with Gasteiger partial charge in [-0.2, -0.15) is 0 Å². The lowest BCUT2D eigenvalue weighted by molar-refractivity contribution is -0.137. The number of hydrogen-bond acceptors (Lipinski definition) is 3. The molecule has 2 N–H and O–H groups in total. The third kappa shape index (κ3) is 4.80. The number of primary amides is 1. The highest BCUT2D eigenvalue weighted by Crippen LogP contribution is 1.89. The van der Waals surface area contributed by atoms with Crippen LogP contribution in [0, 0.1) is 0 Å². The lowest BCUT2D eigenvalue weighted by atomic mass is 10.3. The second-order valence-electron chi connectivity index (χ2n) is 1.54. The average molecular weight is 131 g/mol. The van der Waals surface area contributed by atoms with Crippen LogP contribution in [0.3, 0.4) is 0 Å². The van der Waals surface area contributed by atoms with E-state index in [1.165, 1.54) is 0 Å². The van der Waals surface area contributed by atoms with Gasteiger partial charge in [0.25, 0.3) is 0 Å². The first-order chi connectivity index (χ1) is 4.16. The van der Waals surface area contributed by atoms with Crippen molar-refractivity contribution in [1.82, 2.24) is 0 Å². The molecule has 0 fully saturated rings. The third-order valence-corrected chi connectivity index (χ3v) is 0.669. The minimum absolute atomic E-state index is 0.239. The summed E-state index contributed by atoms with van der Waals surface area (Å²) in [6, 6.07) is 0. The molecule has 1 amide bonds. The van der Waals surface area contributed by atoms with Gasteiger partial charge in [-0.15, -0.1) is 0 Å². The van der Waals surface area contributed by atoms with E-state index in [1.54, 1.807) is 0 Å². The van der Waals surface area contributed by atoms with Gasteiger partial charge < -0.3 is 10.5 Å². The maximum Gasteiger partial charge on any atom is 0.412 e. The van der Waals surface area contributed by atoms with Gasteiger partial charge in [0, 0.05) is 6.42 Å². The van der Waals surface area contributed by atoms with Crippen molar-refractivity contribution in [2.45, 2.75) is 19.8 Å². The molecular formula is C5H9NO3. The van der Waals surface area contributed by atoms with Crippen molar-refractivity contribution in [3.63, 3.8) is 0 Å². The van der Waals surface area contributed by atoms with Crippen LogP contribution in [-0.2, 0) is 9.53 Å². The topological polar surface area (TPSA) is 69.4 Å². The maximum atomic E-state index is 10.3. The Labute approximate surface area is 53.0 Å². The molecule has 0 spiro atoms. The number of esters is 1. The summed E-state index contributed by atoms with van der Waals surface area (Å²) in [5, 5.41) is 0. The molecule has 0 aromatic carbocycles. The number of hydrogen-bond donors (Lipinski definition) is 1. The minimum atomic E-state index is -1.03. The van der Waals surface area contributed by atoms with E-state index in [0.717, 1.165) is 0 Å². The SMILES string of the molecule is CCCC(=O)OC(N)=O. The van der Waals surface area contributed by atoms with Crippen molar-refractivity contribution in [3.05, 3.63) is 0 Å². The lowest BCUT2D eigenvalue weighted by Gasteiger charge is -1.94. The van der Waals surface area contributed by atoms with E-state index in [2.05, 4.69) is 10.5 Å². The van der Waals surface area contributed by atoms with Crippen molar-refractivity contribution in [2.24, 2.45) is 5.73 Å². The summed E-state index contributed by atoms with van der Waals surface area (Å²) in [7, 11) is 0. The van der Waals surface area contributed by atoms with Gasteiger partial charge in [-0.1, -0.05) is 6.92 Å². The zero-order valence-corrected chi connectivity index (χ0v) is 5.22. The quantitative estimate of drug-likeness (QED) is 0.435. The third-order valence-electron chi connectivity index (χ3n) is 0.669. The fourth-order valence-electron chi connectivity index (χ4n) is 0.367. The largest absolute Gasteiger partial charge is 0.412 e. The second-order valence-corrected chi connectivity index (χ2v) is 1.54. The van der Waals surface area contributed by atoms with Gasteiger partial charge in [0.1, 0.15) is 0 Å². The maximum absolute atomic E-state index is 10.3. The highest BCUT2D eigenvalue weighted by molar-refractivity contribution is 5.83. The number of carbonyl (C=O) groups excluding carboxylic acids is 2. The van der Waals surface area contributed by atoms with Crippen molar-refractivity contribution >= 4 is 12.1 Å². The molecule has 4 nitrogen and oxygen atoms in total. The van der Waals surface area contributed by atoms with Gasteiger partial charge in [0.05, 0.1) is 0 Å². The Hall–Kier alpha value is -1.06. The fourth-order valence-corrected chi connectivity index (χ4v) is 0.367. The molecule has 0 rings (SSSR count). The predicted molar refractivity (Wildman–Crippen MR) is 30.6 cm³/mol. The summed E-state index contributed by atoms with van der Waals surface area (Å²) >= 11 is 0. The molecule has 0 unspecified atom stereocenters. The zero-order chi connectivity index (χ0) is 7.28. The van der Waals surface area contributed by atoms with Gasteiger partial charge in [0.15, 0.2) is 0 Å². The predicted octanol–water partition coefficient (Wildman–Crippen LogP) is 0.408. The summed E-state index contributed by atoms with van der Waals surface area (Å²) in [5.41, 5.74) is 4.54. The molecule has 0 bridgehead atoms. The van der Waals surface area contributed by atoms with Crippen molar-refractivity contribution in [2.75, 3.05) is 0 Å². The van der Waals surface area contributed by atoms with E-state index in [-0.39, 0.29) is 6.42 Å². The van der Waals surface area contributed by atoms with E-state index in [9.17, 15) is 9.59 Å². The first-order valence-corrected chi connectivity index (χ1v) is 2.67. The van der Waals surface area contributed by atoms with Gasteiger partial charge in [-0.25, -0.2) is 4.79 Å². The number of rotatable bonds is 2. The first-order valence-electron chi connectivity index (χ1n) is 2.67. The van der Waals surface area contributed by atoms with E-state index >= 15 is 0 Å². The van der Waals surface area contributed by atoms with E-state index < -0.39 is 12.1 Å². The molecular weight excluding hydrogens is 122 g/mol. The fraction of sp³-hybridized carbons (Fsp3) is 0.600. The number of amides is 1. The van der Waals surface area contributed by atoms with E-state index in [0.29, 0.717) is 6.42 Å². The van der Waals surface area contributed by atoms with Crippen LogP contribution in [0.5, 0.6) is 0 Å². The molecule has 52 valence electrons. The van der Waals surface area contributed by atoms with Crippen LogP contribution in [0.15, 0.2) is 0 Å². The van der Waals surface area contributed by atoms with Crippen LogP contribution in [0.25, 0.3) is 0 Å². The molecule has 4 heteroatoms. The van der Waals surface area contributed by atoms with Crippen LogP contribution in [-0.4, -0.2) is 12.1 Å². The van der Waals surface area contributed by atoms with Gasteiger partial charge >= 0.3 is 12.1 Å². The molecule has 0 aliphatic carbocycles. The zero-order valence-electron chi connectivity index (χ0n) is 5.22. The van der Waals surface area contributed by atoms with Crippen molar-refractivity contribution in [1.29, 1.82) is 0 Å². The van der Waals surface area contributed by atoms with Crippen molar-refractivity contribution < 1.29 is 14.3 Å². The molecule has 0 aliphatic rings. The molecule has 0 aliphatic heterocycles. The first kappa shape index (κ1) is 7.94. The molecule has 0 atom stereocenters. The number of carbonyl (C=O) groups is 2. The minimum Gasteiger partial charge on any atom is -0.376 e. The van der Waals surface area contributed by atoms with Gasteiger partial charge in [-0.3, -0.25) is 4.79 Å². The van der Waals surface area contributed by atoms with Crippen LogP contribution in [0.2, 0.25) is 0 Å². The summed E-state index contributed by atoms with van der Waals surface area (Å²) in [6.07, 6.45) is -0.136. The molecule has 0 saturated heterocycles. The van der Waals surface area contributed by atoms with Crippen molar-refractivity contribution in [3.8, 4) is 0 Å². The smallest absolute Gasteiger partial charge is 0.376 e. The Kier molecular flexibility index (Phi) is 3.43. The Bertz CT molecular complexity index is 121. The van der Waals surface area contributed by atoms with Gasteiger partial charge in [-0.05, 0) is 6.42 Å². The number of nitrogens with two attached hydrogens (primary N) is 1. The van der Waals surface area contributed by atoms with E-state index in [4.69, 9.17) is 0 Å². The standard InChI is InChI=1S/C5H9NO3/c1-2-3-4(7)9-5(6)8/h2-3H2,1H3,(H2,6,8). The van der Waals surface area contributed by atoms with Crippen LogP contribution >= 0.6 is 0 Å². The lowest BCUT2D eigenvalue weighted by Crippen LogP contribution is -2.17. The molecule has 9 heavy (non-hydrogen) atoms. The highest BCUT2D eigenvalue weighted by atomic mass is 16.6. The average Bonchev–Trinajstić information content (AvgIpc) is 1.63. The summed E-state index contributed by atoms with van der Waals surface area (Å²) in [5.74, 6) is -0.565. The summed E-state index contributed by atoms with van der Waals surface area (Å²) in [4.78, 5) is 20.2. The van der Waals surface area contributed by atoms with Gasteiger partial charge in [0.2, 0.25) is 0 Å². The molecule has 0 aromatic rings. The Balaban J connectivity index is 3.39.